The summed E-state index contributed by atoms with van der Waals surface area (Å²) < 4.78 is 0. The average molecular weight is 480 g/mol. The summed E-state index contributed by atoms with van der Waals surface area (Å²) in [5.41, 5.74) is 2.63. The zero-order valence-corrected chi connectivity index (χ0v) is 20.2. The number of rotatable bonds is 4. The van der Waals surface area contributed by atoms with Crippen LogP contribution in [0.1, 0.15) is 36.8 Å². The smallest absolute Gasteiger partial charge is 0.267 e. The van der Waals surface area contributed by atoms with E-state index in [-0.39, 0.29) is 17.4 Å². The molecule has 4 rings (SSSR count). The van der Waals surface area contributed by atoms with Crippen molar-refractivity contribution in [3.05, 3.63) is 75.3 Å². The van der Waals surface area contributed by atoms with Gasteiger partial charge < -0.3 is 4.90 Å². The van der Waals surface area contributed by atoms with Crippen LogP contribution in [-0.4, -0.2) is 35.1 Å². The van der Waals surface area contributed by atoms with Crippen molar-refractivity contribution in [1.82, 2.24) is 4.90 Å². The molecule has 0 aromatic heterocycles. The number of amides is 2. The standard InChI is InChI=1S/C26H26ClN3O2S/c1-18-11-12-19(15-22(18)27)16-23-25(32)30(20-9-5-4-6-10-20)26(33-23)21(17-28)24(31)29-13-7-2-3-8-14-29/h4-6,9-12,15,23H,2-3,7-8,13-14,16H2,1H3/b26-21-/t23-/m0/s1. The number of nitrogens with zero attached hydrogens (tertiary/aromatic N) is 3. The number of carbonyl (C=O) groups is 2. The Balaban J connectivity index is 1.71. The minimum Gasteiger partial charge on any atom is -0.338 e. The lowest BCUT2D eigenvalue weighted by Crippen LogP contribution is -2.35. The number of anilines is 1. The largest absolute Gasteiger partial charge is 0.338 e. The van der Waals surface area contributed by atoms with Crippen LogP contribution in [0.2, 0.25) is 5.02 Å². The molecule has 33 heavy (non-hydrogen) atoms. The lowest BCUT2D eigenvalue weighted by atomic mass is 10.1. The molecule has 0 unspecified atom stereocenters. The maximum Gasteiger partial charge on any atom is 0.267 e. The van der Waals surface area contributed by atoms with Gasteiger partial charge in [0.1, 0.15) is 16.7 Å². The van der Waals surface area contributed by atoms with E-state index in [2.05, 4.69) is 6.07 Å². The Labute approximate surface area is 204 Å². The Morgan fingerprint density at radius 3 is 2.45 bits per heavy atom. The van der Waals surface area contributed by atoms with Gasteiger partial charge in [0, 0.05) is 23.8 Å². The Bertz CT molecular complexity index is 1120. The fourth-order valence-electron chi connectivity index (χ4n) is 4.20. The second kappa shape index (κ2) is 10.5. The Kier molecular flexibility index (Phi) is 7.42. The van der Waals surface area contributed by atoms with Gasteiger partial charge in [0.05, 0.1) is 5.25 Å². The Morgan fingerprint density at radius 2 is 1.82 bits per heavy atom. The van der Waals surface area contributed by atoms with Crippen molar-refractivity contribution in [3.63, 3.8) is 0 Å². The molecular weight excluding hydrogens is 454 g/mol. The quantitative estimate of drug-likeness (QED) is 0.430. The molecule has 1 atom stereocenters. The summed E-state index contributed by atoms with van der Waals surface area (Å²) in [5.74, 6) is -0.413. The molecule has 0 spiro atoms. The highest BCUT2D eigenvalue weighted by molar-refractivity contribution is 8.05. The molecule has 170 valence electrons. The van der Waals surface area contributed by atoms with Crippen molar-refractivity contribution < 1.29 is 9.59 Å². The number of hydrogen-bond donors (Lipinski definition) is 0. The molecule has 7 heteroatoms. The maximum absolute atomic E-state index is 13.6. The van der Waals surface area contributed by atoms with Crippen LogP contribution >= 0.6 is 23.4 Å². The van der Waals surface area contributed by atoms with E-state index >= 15 is 0 Å². The van der Waals surface area contributed by atoms with Crippen LogP contribution in [0.3, 0.4) is 0 Å². The summed E-state index contributed by atoms with van der Waals surface area (Å²) in [6, 6.07) is 17.2. The fourth-order valence-corrected chi connectivity index (χ4v) is 5.71. The van der Waals surface area contributed by atoms with Gasteiger partial charge in [-0.05, 0) is 55.5 Å². The van der Waals surface area contributed by atoms with Gasteiger partial charge in [-0.3, -0.25) is 14.5 Å². The number of likely N-dealkylation sites (tertiary alicyclic amines) is 1. The molecule has 2 aromatic carbocycles. The van der Waals surface area contributed by atoms with Crippen molar-refractivity contribution in [3.8, 4) is 6.07 Å². The predicted molar refractivity (Wildman–Crippen MR) is 133 cm³/mol. The number of hydrogen-bond acceptors (Lipinski definition) is 4. The highest BCUT2D eigenvalue weighted by Crippen LogP contribution is 2.42. The van der Waals surface area contributed by atoms with Crippen LogP contribution in [-0.2, 0) is 16.0 Å². The van der Waals surface area contributed by atoms with Gasteiger partial charge >= 0.3 is 0 Å². The zero-order chi connectivity index (χ0) is 23.4. The van der Waals surface area contributed by atoms with Crippen LogP contribution < -0.4 is 4.90 Å². The van der Waals surface area contributed by atoms with Gasteiger partial charge in [-0.25, -0.2) is 0 Å². The summed E-state index contributed by atoms with van der Waals surface area (Å²) in [7, 11) is 0. The van der Waals surface area contributed by atoms with Gasteiger partial charge in [0.25, 0.3) is 5.91 Å². The van der Waals surface area contributed by atoms with Crippen LogP contribution in [0, 0.1) is 18.3 Å². The monoisotopic (exact) mass is 479 g/mol. The summed E-state index contributed by atoms with van der Waals surface area (Å²) in [6.07, 6.45) is 4.52. The van der Waals surface area contributed by atoms with E-state index in [1.165, 1.54) is 11.8 Å². The lowest BCUT2D eigenvalue weighted by Gasteiger charge is -2.23. The van der Waals surface area contributed by atoms with E-state index < -0.39 is 5.25 Å². The number of halogens is 1. The van der Waals surface area contributed by atoms with Crippen molar-refractivity contribution >= 4 is 40.9 Å². The van der Waals surface area contributed by atoms with E-state index in [1.54, 1.807) is 9.80 Å². The molecule has 2 amide bonds. The highest BCUT2D eigenvalue weighted by Gasteiger charge is 2.41. The molecule has 2 aliphatic heterocycles. The second-order valence-electron chi connectivity index (χ2n) is 8.40. The van der Waals surface area contributed by atoms with Crippen molar-refractivity contribution in [2.75, 3.05) is 18.0 Å². The third-order valence-corrected chi connectivity index (χ3v) is 7.73. The first-order chi connectivity index (χ1) is 16.0. The molecule has 2 saturated heterocycles. The Morgan fingerprint density at radius 1 is 1.12 bits per heavy atom. The third kappa shape index (κ3) is 5.10. The number of aryl methyl sites for hydroxylation is 1. The number of benzene rings is 2. The van der Waals surface area contributed by atoms with Gasteiger partial charge in [0.2, 0.25) is 5.91 Å². The summed E-state index contributed by atoms with van der Waals surface area (Å²) >= 11 is 7.60. The second-order valence-corrected chi connectivity index (χ2v) is 10.0. The highest BCUT2D eigenvalue weighted by atomic mass is 35.5. The van der Waals surface area contributed by atoms with Gasteiger partial charge in [-0.15, -0.1) is 0 Å². The molecule has 5 nitrogen and oxygen atoms in total. The molecule has 2 aliphatic rings. The van der Waals surface area contributed by atoms with Crippen LogP contribution in [0.5, 0.6) is 0 Å². The molecule has 2 heterocycles. The first kappa shape index (κ1) is 23.4. The first-order valence-electron chi connectivity index (χ1n) is 11.2. The SMILES string of the molecule is Cc1ccc(C[C@@H]2S/C(=C(/C#N)C(=O)N3CCCCCC3)N(c3ccccc3)C2=O)cc1Cl. The normalized spacial score (nSPS) is 20.4. The maximum atomic E-state index is 13.6. The Hall–Kier alpha value is -2.75. The summed E-state index contributed by atoms with van der Waals surface area (Å²) in [6.45, 7) is 3.23. The van der Waals surface area contributed by atoms with E-state index in [0.29, 0.717) is 35.2 Å². The van der Waals surface area contributed by atoms with E-state index in [4.69, 9.17) is 11.6 Å². The zero-order valence-electron chi connectivity index (χ0n) is 18.6. The third-order valence-electron chi connectivity index (χ3n) is 6.06. The van der Waals surface area contributed by atoms with E-state index in [9.17, 15) is 14.9 Å². The first-order valence-corrected chi connectivity index (χ1v) is 12.5. The number of thioether (sulfide) groups is 1. The predicted octanol–water partition coefficient (Wildman–Crippen LogP) is 5.48. The van der Waals surface area contributed by atoms with E-state index in [1.807, 2.05) is 55.5 Å². The van der Waals surface area contributed by atoms with E-state index in [0.717, 1.165) is 36.8 Å². The number of para-hydroxylation sites is 1. The lowest BCUT2D eigenvalue weighted by molar-refractivity contribution is -0.126. The molecule has 2 fully saturated rings. The van der Waals surface area contributed by atoms with Gasteiger partial charge in [-0.2, -0.15) is 5.26 Å². The topological polar surface area (TPSA) is 64.4 Å². The molecular formula is C26H26ClN3O2S. The van der Waals surface area contributed by atoms with Crippen molar-refractivity contribution in [1.29, 1.82) is 5.26 Å². The van der Waals surface area contributed by atoms with Gasteiger partial charge in [-0.1, -0.05) is 66.5 Å². The summed E-state index contributed by atoms with van der Waals surface area (Å²) in [4.78, 5) is 30.2. The molecule has 0 radical (unpaired) electrons. The van der Waals surface area contributed by atoms with Gasteiger partial charge in [0.15, 0.2) is 0 Å². The number of carbonyl (C=O) groups excluding carboxylic acids is 2. The molecule has 0 saturated carbocycles. The van der Waals surface area contributed by atoms with Crippen LogP contribution in [0.25, 0.3) is 0 Å². The fraction of sp³-hybridized carbons (Fsp3) is 0.346. The molecule has 0 N–H and O–H groups in total. The molecule has 0 aliphatic carbocycles. The summed E-state index contributed by atoms with van der Waals surface area (Å²) in [5, 5.41) is 10.7. The van der Waals surface area contributed by atoms with Crippen molar-refractivity contribution in [2.45, 2.75) is 44.3 Å². The molecule has 0 bridgehead atoms. The van der Waals surface area contributed by atoms with Crippen LogP contribution in [0.4, 0.5) is 5.69 Å². The average Bonchev–Trinajstić information content (AvgIpc) is 2.98. The van der Waals surface area contributed by atoms with Crippen molar-refractivity contribution in [2.24, 2.45) is 0 Å². The minimum atomic E-state index is -0.445. The molecule has 2 aromatic rings. The minimum absolute atomic E-state index is 0.0449. The number of nitriles is 1. The van der Waals surface area contributed by atoms with Crippen LogP contribution in [0.15, 0.2) is 59.1 Å².